The van der Waals surface area contributed by atoms with Gasteiger partial charge < -0.3 is 4.90 Å². The van der Waals surface area contributed by atoms with Crippen LogP contribution in [0.2, 0.25) is 0 Å². The Kier molecular flexibility index (Phi) is 5.50. The Hall–Kier alpha value is -0.940. The lowest BCUT2D eigenvalue weighted by Crippen LogP contribution is -2.39. The second kappa shape index (κ2) is 6.48. The zero-order valence-corrected chi connectivity index (χ0v) is 13.1. The van der Waals surface area contributed by atoms with Crippen molar-refractivity contribution >= 4 is 17.5 Å². The van der Waals surface area contributed by atoms with Crippen LogP contribution >= 0.6 is 11.6 Å². The molecule has 3 heteroatoms. The molecule has 2 atom stereocenters. The van der Waals surface area contributed by atoms with Gasteiger partial charge in [0.05, 0.1) is 6.54 Å². The summed E-state index contributed by atoms with van der Waals surface area (Å²) in [6.07, 6.45) is 9.46. The maximum atomic E-state index is 12.3. The van der Waals surface area contributed by atoms with Crippen LogP contribution in [0.4, 0.5) is 0 Å². The first-order chi connectivity index (χ1) is 8.80. The minimum absolute atomic E-state index is 0.0710. The molecule has 0 aromatic carbocycles. The number of hydrogen-bond acceptors (Lipinski definition) is 1. The van der Waals surface area contributed by atoms with Gasteiger partial charge in [-0.15, -0.1) is 18.0 Å². The van der Waals surface area contributed by atoms with Gasteiger partial charge in [0.15, 0.2) is 0 Å². The topological polar surface area (TPSA) is 20.3 Å². The first-order valence-corrected chi connectivity index (χ1v) is 7.31. The van der Waals surface area contributed by atoms with E-state index in [4.69, 9.17) is 18.0 Å². The molecule has 106 valence electrons. The number of terminal acetylenes is 1. The quantitative estimate of drug-likeness (QED) is 0.439. The largest absolute Gasteiger partial charge is 0.330 e. The molecular formula is C16H24ClNO. The number of alkyl halides is 1. The van der Waals surface area contributed by atoms with Gasteiger partial charge >= 0.3 is 0 Å². The second-order valence-corrected chi connectivity index (χ2v) is 6.62. The fraction of sp³-hybridized carbons (Fsp3) is 0.688. The van der Waals surface area contributed by atoms with E-state index in [0.717, 1.165) is 18.4 Å². The summed E-state index contributed by atoms with van der Waals surface area (Å²) in [5.74, 6) is 2.91. The van der Waals surface area contributed by atoms with Crippen molar-refractivity contribution < 1.29 is 4.79 Å². The van der Waals surface area contributed by atoms with Gasteiger partial charge in [-0.1, -0.05) is 32.8 Å². The van der Waals surface area contributed by atoms with Crippen LogP contribution in [0.15, 0.2) is 11.6 Å². The first kappa shape index (κ1) is 16.1. The zero-order valence-electron chi connectivity index (χ0n) is 12.4. The summed E-state index contributed by atoms with van der Waals surface area (Å²) in [5.41, 5.74) is 1.26. The van der Waals surface area contributed by atoms with Crippen molar-refractivity contribution in [3.05, 3.63) is 11.6 Å². The average Bonchev–Trinajstić information content (AvgIpc) is 2.31. The average molecular weight is 282 g/mol. The Balaban J connectivity index is 2.85. The van der Waals surface area contributed by atoms with Crippen LogP contribution < -0.4 is 0 Å². The molecule has 0 aromatic heterocycles. The van der Waals surface area contributed by atoms with Gasteiger partial charge in [-0.25, -0.2) is 0 Å². The third kappa shape index (κ3) is 4.28. The van der Waals surface area contributed by atoms with Crippen LogP contribution in [0.25, 0.3) is 0 Å². The molecule has 1 rings (SSSR count). The molecule has 0 aromatic rings. The molecule has 1 aliphatic carbocycles. The molecule has 0 radical (unpaired) electrons. The normalized spacial score (nSPS) is 23.2. The monoisotopic (exact) mass is 281 g/mol. The van der Waals surface area contributed by atoms with Crippen molar-refractivity contribution in [2.75, 3.05) is 13.1 Å². The number of rotatable bonds is 4. The summed E-state index contributed by atoms with van der Waals surface area (Å²) in [4.78, 5) is 14.0. The van der Waals surface area contributed by atoms with E-state index in [-0.39, 0.29) is 11.3 Å². The second-order valence-electron chi connectivity index (χ2n) is 6.18. The van der Waals surface area contributed by atoms with Crippen LogP contribution in [0, 0.1) is 23.7 Å². The van der Waals surface area contributed by atoms with Crippen LogP contribution in [-0.4, -0.2) is 29.3 Å². The lowest BCUT2D eigenvalue weighted by atomic mass is 9.72. The molecular weight excluding hydrogens is 258 g/mol. The lowest BCUT2D eigenvalue weighted by molar-refractivity contribution is -0.129. The van der Waals surface area contributed by atoms with Crippen molar-refractivity contribution in [1.82, 2.24) is 4.90 Å². The molecule has 0 fully saturated rings. The highest BCUT2D eigenvalue weighted by Crippen LogP contribution is 2.40. The van der Waals surface area contributed by atoms with Gasteiger partial charge in [-0.3, -0.25) is 4.79 Å². The van der Waals surface area contributed by atoms with Gasteiger partial charge in [-0.2, -0.15) is 0 Å². The smallest absolute Gasteiger partial charge is 0.245 e. The number of amides is 1. The van der Waals surface area contributed by atoms with E-state index < -0.39 is 5.38 Å². The van der Waals surface area contributed by atoms with E-state index in [2.05, 4.69) is 32.8 Å². The van der Waals surface area contributed by atoms with E-state index in [1.54, 1.807) is 4.90 Å². The van der Waals surface area contributed by atoms with E-state index in [1.165, 1.54) is 0 Å². The van der Waals surface area contributed by atoms with Crippen LogP contribution in [-0.2, 0) is 4.79 Å². The standard InChI is InChI=1S/C16H24ClNO/c1-6-8-18(7-2)15(19)14(17)13-9-12(3)10-16(4,5)11-13/h1,9,12,14H,7-8,10-11H2,2-5H3. The Morgan fingerprint density at radius 1 is 1.68 bits per heavy atom. The predicted molar refractivity (Wildman–Crippen MR) is 81.0 cm³/mol. The molecule has 0 bridgehead atoms. The van der Waals surface area contributed by atoms with Crippen LogP contribution in [0.1, 0.15) is 40.5 Å². The summed E-state index contributed by atoms with van der Waals surface area (Å²) < 4.78 is 0. The summed E-state index contributed by atoms with van der Waals surface area (Å²) in [6.45, 7) is 9.46. The summed E-state index contributed by atoms with van der Waals surface area (Å²) in [5, 5.41) is -0.574. The zero-order chi connectivity index (χ0) is 14.6. The molecule has 19 heavy (non-hydrogen) atoms. The third-order valence-electron chi connectivity index (χ3n) is 3.57. The Labute approximate surface area is 122 Å². The number of carbonyl (C=O) groups is 1. The van der Waals surface area contributed by atoms with Gasteiger partial charge in [0.1, 0.15) is 5.38 Å². The maximum Gasteiger partial charge on any atom is 0.245 e. The van der Waals surface area contributed by atoms with Gasteiger partial charge in [0.25, 0.3) is 0 Å². The molecule has 1 amide bonds. The number of hydrogen-bond donors (Lipinski definition) is 0. The highest BCUT2D eigenvalue weighted by Gasteiger charge is 2.33. The number of nitrogens with zero attached hydrogens (tertiary/aromatic N) is 1. The third-order valence-corrected chi connectivity index (χ3v) is 4.04. The van der Waals surface area contributed by atoms with Gasteiger partial charge in [-0.05, 0) is 36.7 Å². The van der Waals surface area contributed by atoms with Gasteiger partial charge in [0.2, 0.25) is 5.91 Å². The molecule has 2 nitrogen and oxygen atoms in total. The SMILES string of the molecule is C#CCN(CC)C(=O)C(Cl)C1=CC(C)CC(C)(C)C1. The predicted octanol–water partition coefficient (Wildman–Crippen LogP) is 3.46. The first-order valence-electron chi connectivity index (χ1n) is 6.87. The highest BCUT2D eigenvalue weighted by atomic mass is 35.5. The Morgan fingerprint density at radius 3 is 2.79 bits per heavy atom. The summed E-state index contributed by atoms with van der Waals surface area (Å²) in [7, 11) is 0. The van der Waals surface area contributed by atoms with Crippen molar-refractivity contribution in [3.8, 4) is 12.3 Å². The van der Waals surface area contributed by atoms with E-state index in [0.29, 0.717) is 19.0 Å². The highest BCUT2D eigenvalue weighted by molar-refractivity contribution is 6.32. The van der Waals surface area contributed by atoms with Crippen LogP contribution in [0.5, 0.6) is 0 Å². The minimum Gasteiger partial charge on any atom is -0.330 e. The van der Waals surface area contributed by atoms with Gasteiger partial charge in [0, 0.05) is 6.54 Å². The molecule has 0 saturated heterocycles. The Morgan fingerprint density at radius 2 is 2.32 bits per heavy atom. The van der Waals surface area contributed by atoms with Crippen molar-refractivity contribution in [1.29, 1.82) is 0 Å². The fourth-order valence-electron chi connectivity index (χ4n) is 2.93. The lowest BCUT2D eigenvalue weighted by Gasteiger charge is -2.35. The minimum atomic E-state index is -0.574. The van der Waals surface area contributed by atoms with Crippen molar-refractivity contribution in [2.24, 2.45) is 11.3 Å². The summed E-state index contributed by atoms with van der Waals surface area (Å²) >= 11 is 6.38. The molecule has 0 heterocycles. The number of carbonyl (C=O) groups excluding carboxylic acids is 1. The van der Waals surface area contributed by atoms with E-state index >= 15 is 0 Å². The van der Waals surface area contributed by atoms with Crippen molar-refractivity contribution in [2.45, 2.75) is 45.9 Å². The fourth-order valence-corrected chi connectivity index (χ4v) is 3.22. The molecule has 2 unspecified atom stereocenters. The molecule has 0 saturated carbocycles. The molecule has 0 spiro atoms. The van der Waals surface area contributed by atoms with Crippen molar-refractivity contribution in [3.63, 3.8) is 0 Å². The van der Waals surface area contributed by atoms with E-state index in [9.17, 15) is 4.79 Å². The molecule has 1 aliphatic rings. The Bertz CT molecular complexity index is 405. The summed E-state index contributed by atoms with van der Waals surface area (Å²) in [6, 6.07) is 0. The molecule has 0 aliphatic heterocycles. The molecule has 0 N–H and O–H groups in total. The number of halogens is 1. The number of allylic oxidation sites excluding steroid dienone is 1. The van der Waals surface area contributed by atoms with E-state index in [1.807, 2.05) is 6.92 Å². The van der Waals surface area contributed by atoms with Crippen LogP contribution in [0.3, 0.4) is 0 Å². The maximum absolute atomic E-state index is 12.3.